The van der Waals surface area contributed by atoms with Crippen LogP contribution in [0.25, 0.3) is 0 Å². The van der Waals surface area contributed by atoms with Crippen LogP contribution in [0, 0.1) is 0 Å². The van der Waals surface area contributed by atoms with Crippen molar-refractivity contribution in [3.05, 3.63) is 63.1 Å². The standard InChI is InChI=1S/C13H9Cl3N2O2S/c14-10-3-5-12(6-4-10)21(19,20)18-17-8-9-1-2-11(15)7-13(9)16/h1-8,18H/b17-8+. The maximum absolute atomic E-state index is 12.0. The van der Waals surface area contributed by atoms with E-state index in [1.807, 2.05) is 0 Å². The van der Waals surface area contributed by atoms with E-state index in [4.69, 9.17) is 34.8 Å². The van der Waals surface area contributed by atoms with E-state index in [1.54, 1.807) is 12.1 Å². The van der Waals surface area contributed by atoms with Crippen LogP contribution in [0.2, 0.25) is 15.1 Å². The van der Waals surface area contributed by atoms with Crippen molar-refractivity contribution >= 4 is 51.0 Å². The van der Waals surface area contributed by atoms with Crippen LogP contribution < -0.4 is 4.83 Å². The Kier molecular flexibility index (Phi) is 5.11. The summed E-state index contributed by atoms with van der Waals surface area (Å²) in [7, 11) is -3.74. The molecule has 0 unspecified atom stereocenters. The van der Waals surface area contributed by atoms with Gasteiger partial charge in [-0.05, 0) is 36.4 Å². The summed E-state index contributed by atoms with van der Waals surface area (Å²) in [6.45, 7) is 0. The minimum Gasteiger partial charge on any atom is -0.200 e. The van der Waals surface area contributed by atoms with Gasteiger partial charge in [-0.2, -0.15) is 13.5 Å². The molecule has 0 aromatic heterocycles. The highest BCUT2D eigenvalue weighted by Crippen LogP contribution is 2.19. The second-order valence-corrected chi connectivity index (χ2v) is 6.91. The van der Waals surface area contributed by atoms with Crippen LogP contribution in [0.1, 0.15) is 5.56 Å². The normalized spacial score (nSPS) is 11.8. The van der Waals surface area contributed by atoms with Gasteiger partial charge >= 0.3 is 0 Å². The molecule has 21 heavy (non-hydrogen) atoms. The first kappa shape index (κ1) is 16.1. The van der Waals surface area contributed by atoms with Crippen molar-refractivity contribution in [2.45, 2.75) is 4.90 Å². The molecule has 1 N–H and O–H groups in total. The first-order valence-corrected chi connectivity index (χ1v) is 8.26. The van der Waals surface area contributed by atoms with E-state index in [2.05, 4.69) is 9.93 Å². The van der Waals surface area contributed by atoms with Crippen molar-refractivity contribution in [2.75, 3.05) is 0 Å². The van der Waals surface area contributed by atoms with Crippen molar-refractivity contribution in [1.82, 2.24) is 4.83 Å². The smallest absolute Gasteiger partial charge is 0.200 e. The van der Waals surface area contributed by atoms with E-state index in [-0.39, 0.29) is 4.90 Å². The number of hydrogen-bond acceptors (Lipinski definition) is 3. The Morgan fingerprint density at radius 3 is 2.19 bits per heavy atom. The number of hydrogen-bond donors (Lipinski definition) is 1. The summed E-state index contributed by atoms with van der Waals surface area (Å²) < 4.78 is 23.9. The summed E-state index contributed by atoms with van der Waals surface area (Å²) in [4.78, 5) is 2.15. The molecule has 2 aromatic rings. The third-order valence-electron chi connectivity index (χ3n) is 2.46. The van der Waals surface area contributed by atoms with E-state index in [0.717, 1.165) is 0 Å². The molecule has 4 nitrogen and oxygen atoms in total. The monoisotopic (exact) mass is 362 g/mol. The van der Waals surface area contributed by atoms with Gasteiger partial charge in [0.05, 0.1) is 16.1 Å². The maximum atomic E-state index is 12.0. The number of benzene rings is 2. The quantitative estimate of drug-likeness (QED) is 0.660. The van der Waals surface area contributed by atoms with Gasteiger partial charge in [0.25, 0.3) is 10.0 Å². The number of nitrogens with one attached hydrogen (secondary N) is 1. The molecule has 0 aliphatic carbocycles. The number of sulfonamides is 1. The minimum atomic E-state index is -3.74. The zero-order valence-corrected chi connectivity index (χ0v) is 13.5. The summed E-state index contributed by atoms with van der Waals surface area (Å²) in [5.41, 5.74) is 0.542. The molecule has 110 valence electrons. The van der Waals surface area contributed by atoms with E-state index in [0.29, 0.717) is 20.6 Å². The maximum Gasteiger partial charge on any atom is 0.276 e. The van der Waals surface area contributed by atoms with E-state index < -0.39 is 10.0 Å². The predicted octanol–water partition coefficient (Wildman–Crippen LogP) is 3.96. The Balaban J connectivity index is 2.14. The third-order valence-corrected chi connectivity index (χ3v) is 4.52. The Bertz CT molecular complexity index is 775. The van der Waals surface area contributed by atoms with E-state index in [1.165, 1.54) is 36.5 Å². The number of halogens is 3. The van der Waals surface area contributed by atoms with Crippen molar-refractivity contribution < 1.29 is 8.42 Å². The molecule has 0 atom stereocenters. The van der Waals surface area contributed by atoms with Gasteiger partial charge in [-0.15, -0.1) is 0 Å². The second-order valence-electron chi connectivity index (χ2n) is 3.97. The topological polar surface area (TPSA) is 58.5 Å². The summed E-state index contributed by atoms with van der Waals surface area (Å²) in [6, 6.07) is 10.5. The second kappa shape index (κ2) is 6.66. The molecule has 0 saturated carbocycles. The molecule has 0 bridgehead atoms. The molecular weight excluding hydrogens is 355 g/mol. The van der Waals surface area contributed by atoms with Gasteiger partial charge < -0.3 is 0 Å². The minimum absolute atomic E-state index is 0.0613. The van der Waals surface area contributed by atoms with Crippen molar-refractivity contribution in [3.8, 4) is 0 Å². The third kappa shape index (κ3) is 4.35. The Morgan fingerprint density at radius 1 is 0.952 bits per heavy atom. The highest BCUT2D eigenvalue weighted by Gasteiger charge is 2.12. The van der Waals surface area contributed by atoms with Gasteiger partial charge in [0, 0.05) is 15.6 Å². The molecular formula is C13H9Cl3N2O2S. The fraction of sp³-hybridized carbons (Fsp3) is 0. The summed E-state index contributed by atoms with van der Waals surface area (Å²) in [6.07, 6.45) is 1.30. The Hall–Kier alpha value is -1.27. The average Bonchev–Trinajstić information content (AvgIpc) is 2.41. The van der Waals surface area contributed by atoms with Gasteiger partial charge in [0.15, 0.2) is 0 Å². The van der Waals surface area contributed by atoms with Crippen molar-refractivity contribution in [3.63, 3.8) is 0 Å². The fourth-order valence-electron chi connectivity index (χ4n) is 1.44. The summed E-state index contributed by atoms with van der Waals surface area (Å²) in [5.74, 6) is 0. The molecule has 0 amide bonds. The highest BCUT2D eigenvalue weighted by molar-refractivity contribution is 7.89. The van der Waals surface area contributed by atoms with Gasteiger partial charge in [-0.3, -0.25) is 0 Å². The van der Waals surface area contributed by atoms with Crippen LogP contribution in [-0.2, 0) is 10.0 Å². The van der Waals surface area contributed by atoms with Gasteiger partial charge in [0.1, 0.15) is 0 Å². The molecule has 0 radical (unpaired) electrons. The van der Waals surface area contributed by atoms with Gasteiger partial charge in [0.2, 0.25) is 0 Å². The largest absolute Gasteiger partial charge is 0.276 e. The lowest BCUT2D eigenvalue weighted by Gasteiger charge is -2.03. The number of nitrogens with zero attached hydrogens (tertiary/aromatic N) is 1. The van der Waals surface area contributed by atoms with Crippen LogP contribution >= 0.6 is 34.8 Å². The van der Waals surface area contributed by atoms with Crippen molar-refractivity contribution in [1.29, 1.82) is 0 Å². The lowest BCUT2D eigenvalue weighted by molar-refractivity contribution is 0.584. The Labute approximate surface area is 137 Å². The number of hydrazone groups is 1. The molecule has 8 heteroatoms. The van der Waals surface area contributed by atoms with E-state index in [9.17, 15) is 8.42 Å². The molecule has 0 saturated heterocycles. The predicted molar refractivity (Wildman–Crippen MR) is 85.8 cm³/mol. The molecule has 2 rings (SSSR count). The molecule has 0 spiro atoms. The zero-order valence-electron chi connectivity index (χ0n) is 10.4. The van der Waals surface area contributed by atoms with Crippen LogP contribution in [0.4, 0.5) is 0 Å². The molecule has 0 aliphatic rings. The molecule has 0 aliphatic heterocycles. The molecule has 0 fully saturated rings. The van der Waals surface area contributed by atoms with Crippen LogP contribution in [0.5, 0.6) is 0 Å². The summed E-state index contributed by atoms with van der Waals surface area (Å²) >= 11 is 17.4. The Morgan fingerprint density at radius 2 is 1.57 bits per heavy atom. The van der Waals surface area contributed by atoms with Crippen LogP contribution in [0.3, 0.4) is 0 Å². The lowest BCUT2D eigenvalue weighted by Crippen LogP contribution is -2.18. The summed E-state index contributed by atoms with van der Waals surface area (Å²) in [5, 5.41) is 4.99. The van der Waals surface area contributed by atoms with Gasteiger partial charge in [-0.1, -0.05) is 40.9 Å². The van der Waals surface area contributed by atoms with Crippen molar-refractivity contribution in [2.24, 2.45) is 5.10 Å². The lowest BCUT2D eigenvalue weighted by atomic mass is 10.2. The SMILES string of the molecule is O=S(=O)(N/N=C/c1ccc(Cl)cc1Cl)c1ccc(Cl)cc1. The van der Waals surface area contributed by atoms with E-state index >= 15 is 0 Å². The first-order valence-electron chi connectivity index (χ1n) is 5.64. The van der Waals surface area contributed by atoms with Gasteiger partial charge in [-0.25, -0.2) is 4.83 Å². The number of rotatable bonds is 4. The first-order chi connectivity index (χ1) is 9.88. The zero-order chi connectivity index (χ0) is 15.5. The van der Waals surface area contributed by atoms with Crippen LogP contribution in [-0.4, -0.2) is 14.6 Å². The fourth-order valence-corrected chi connectivity index (χ4v) is 2.81. The van der Waals surface area contributed by atoms with Crippen LogP contribution in [0.15, 0.2) is 52.5 Å². The highest BCUT2D eigenvalue weighted by atomic mass is 35.5. The molecule has 0 heterocycles. The average molecular weight is 364 g/mol. The molecule has 2 aromatic carbocycles.